The van der Waals surface area contributed by atoms with E-state index < -0.39 is 18.0 Å². The molecule has 1 aromatic heterocycles. The number of aliphatic carboxylic acids is 1. The highest BCUT2D eigenvalue weighted by Gasteiger charge is 2.59. The maximum atomic E-state index is 12.2. The summed E-state index contributed by atoms with van der Waals surface area (Å²) in [5.74, 6) is -2.23. The smallest absolute Gasteiger partial charge is 0.353 e. The van der Waals surface area contributed by atoms with E-state index in [-0.39, 0.29) is 30.2 Å². The molecule has 3 heterocycles. The fourth-order valence-electron chi connectivity index (χ4n) is 3.38. The number of aliphatic hydroxyl groups is 2. The van der Waals surface area contributed by atoms with Crippen LogP contribution in [0.25, 0.3) is 6.08 Å². The summed E-state index contributed by atoms with van der Waals surface area (Å²) in [6.45, 7) is 3.32. The van der Waals surface area contributed by atoms with Crippen LogP contribution in [0.1, 0.15) is 24.4 Å². The van der Waals surface area contributed by atoms with Crippen molar-refractivity contribution in [3.05, 3.63) is 32.1 Å². The molecular weight excluding hydrogens is 364 g/mol. The second-order valence-corrected chi connectivity index (χ2v) is 7.90. The van der Waals surface area contributed by atoms with E-state index in [1.54, 1.807) is 23.9 Å². The largest absolute Gasteiger partial charge is 0.477 e. The molecule has 0 saturated carbocycles. The van der Waals surface area contributed by atoms with Crippen LogP contribution in [0.2, 0.25) is 0 Å². The lowest BCUT2D eigenvalue weighted by atomic mass is 9.79. The minimum atomic E-state index is -1.15. The molecule has 4 atom stereocenters. The number of rotatable bonds is 6. The minimum absolute atomic E-state index is 0.00490. The number of amides is 1. The number of carbonyl (C=O) groups is 2. The summed E-state index contributed by atoms with van der Waals surface area (Å²) in [5.41, 5.74) is 2.27. The summed E-state index contributed by atoms with van der Waals surface area (Å²) in [6, 6.07) is -0.318. The first-order chi connectivity index (χ1) is 11.9. The molecule has 0 aliphatic carbocycles. The number of carbonyl (C=O) groups excluding carboxylic acids is 1. The Bertz CT molecular complexity index is 770. The van der Waals surface area contributed by atoms with E-state index >= 15 is 0 Å². The predicted molar refractivity (Wildman–Crippen MR) is 94.3 cm³/mol. The molecule has 0 aromatic carbocycles. The average molecular weight is 382 g/mol. The highest BCUT2D eigenvalue weighted by atomic mass is 32.2. The number of hydrogen-bond donors (Lipinski definition) is 3. The van der Waals surface area contributed by atoms with E-state index in [9.17, 15) is 24.9 Å². The monoisotopic (exact) mass is 382 g/mol. The zero-order valence-corrected chi connectivity index (χ0v) is 15.3. The molecule has 3 N–H and O–H groups in total. The quantitative estimate of drug-likeness (QED) is 0.639. The molecular formula is C16H18N2O5S2. The highest BCUT2D eigenvalue weighted by molar-refractivity contribution is 8.06. The number of thiazole rings is 1. The highest BCUT2D eigenvalue weighted by Crippen LogP contribution is 2.50. The third-order valence-corrected chi connectivity index (χ3v) is 6.47. The number of carboxylic acid groups (broad SMARTS) is 1. The van der Waals surface area contributed by atoms with Gasteiger partial charge in [0.1, 0.15) is 5.70 Å². The standard InChI is InChI=1S/C16H18N2O5S2/c1-7-12-11(8(2)20)15(21)18(12)13(16(22)23)14(7)24-4-3-9-10(5-19)25-6-17-9/h3-4,6-8,11-12,19-20H,5H2,1-2H3,(H,22,23)/b4-3-/t7-,8-,11-,12-/m1/s1. The third-order valence-electron chi connectivity index (χ3n) is 4.55. The van der Waals surface area contributed by atoms with Crippen molar-refractivity contribution in [1.29, 1.82) is 0 Å². The minimum Gasteiger partial charge on any atom is -0.477 e. The molecule has 3 rings (SSSR count). The summed E-state index contributed by atoms with van der Waals surface area (Å²) >= 11 is 2.58. The number of β-lactam (4-membered cyclic amide) rings is 1. The lowest BCUT2D eigenvalue weighted by Crippen LogP contribution is -2.63. The van der Waals surface area contributed by atoms with Crippen molar-refractivity contribution in [3.63, 3.8) is 0 Å². The van der Waals surface area contributed by atoms with Gasteiger partial charge in [-0.3, -0.25) is 4.79 Å². The van der Waals surface area contributed by atoms with Gasteiger partial charge < -0.3 is 20.2 Å². The molecule has 25 heavy (non-hydrogen) atoms. The second kappa shape index (κ2) is 6.91. The Balaban J connectivity index is 1.84. The van der Waals surface area contributed by atoms with Gasteiger partial charge in [-0.15, -0.1) is 11.3 Å². The molecule has 134 valence electrons. The van der Waals surface area contributed by atoms with E-state index in [1.807, 2.05) is 6.92 Å². The molecule has 2 aliphatic heterocycles. The molecule has 9 heteroatoms. The van der Waals surface area contributed by atoms with E-state index in [4.69, 9.17) is 0 Å². The van der Waals surface area contributed by atoms with Gasteiger partial charge in [-0.25, -0.2) is 9.78 Å². The number of fused-ring (bicyclic) bond motifs is 1. The molecule has 1 fully saturated rings. The van der Waals surface area contributed by atoms with Crippen LogP contribution in [0.15, 0.2) is 21.5 Å². The van der Waals surface area contributed by atoms with Crippen molar-refractivity contribution in [2.24, 2.45) is 11.8 Å². The molecule has 1 aromatic rings. The molecule has 1 saturated heterocycles. The lowest BCUT2D eigenvalue weighted by Gasteiger charge is -2.46. The number of thioether (sulfide) groups is 1. The molecule has 0 unspecified atom stereocenters. The van der Waals surface area contributed by atoms with Gasteiger partial charge >= 0.3 is 5.97 Å². The summed E-state index contributed by atoms with van der Waals surface area (Å²) in [6.07, 6.45) is 0.906. The summed E-state index contributed by atoms with van der Waals surface area (Å²) in [4.78, 5) is 30.7. The van der Waals surface area contributed by atoms with E-state index in [0.29, 0.717) is 10.6 Å². The second-order valence-electron chi connectivity index (χ2n) is 6.01. The van der Waals surface area contributed by atoms with Crippen molar-refractivity contribution in [1.82, 2.24) is 9.88 Å². The van der Waals surface area contributed by atoms with Gasteiger partial charge in [-0.05, 0) is 18.4 Å². The van der Waals surface area contributed by atoms with Crippen LogP contribution in [0.4, 0.5) is 0 Å². The van der Waals surface area contributed by atoms with Crippen molar-refractivity contribution in [2.75, 3.05) is 0 Å². The van der Waals surface area contributed by atoms with Crippen LogP contribution in [-0.2, 0) is 16.2 Å². The van der Waals surface area contributed by atoms with E-state index in [0.717, 1.165) is 4.88 Å². The van der Waals surface area contributed by atoms with E-state index in [2.05, 4.69) is 4.98 Å². The van der Waals surface area contributed by atoms with Crippen LogP contribution in [-0.4, -0.2) is 49.2 Å². The third kappa shape index (κ3) is 2.91. The number of carboxylic acids is 1. The zero-order valence-electron chi connectivity index (χ0n) is 13.6. The SMILES string of the molecule is C[C@@H](O)[C@H]1C(=O)N2C(C(=O)O)=C(S/C=C\c3ncsc3CO)[C@H](C)[C@H]12. The molecule has 2 aliphatic rings. The summed E-state index contributed by atoms with van der Waals surface area (Å²) in [5, 5.41) is 30.3. The number of aliphatic hydroxyl groups excluding tert-OH is 2. The van der Waals surface area contributed by atoms with Crippen molar-refractivity contribution >= 4 is 41.1 Å². The Morgan fingerprint density at radius 1 is 1.56 bits per heavy atom. The first-order valence-electron chi connectivity index (χ1n) is 7.73. The van der Waals surface area contributed by atoms with Gasteiger partial charge in [0.2, 0.25) is 5.91 Å². The zero-order chi connectivity index (χ0) is 18.3. The predicted octanol–water partition coefficient (Wildman–Crippen LogP) is 1.49. The fourth-order valence-corrected chi connectivity index (χ4v) is 4.99. The maximum absolute atomic E-state index is 12.2. The first-order valence-corrected chi connectivity index (χ1v) is 9.49. The van der Waals surface area contributed by atoms with Crippen LogP contribution < -0.4 is 0 Å². The molecule has 7 nitrogen and oxygen atoms in total. The Kier molecular flexibility index (Phi) is 5.01. The topological polar surface area (TPSA) is 111 Å². The Labute approximate surface area is 152 Å². The van der Waals surface area contributed by atoms with Gasteiger partial charge in [0.05, 0.1) is 40.8 Å². The normalized spacial score (nSPS) is 27.0. The van der Waals surface area contributed by atoms with Crippen molar-refractivity contribution < 1.29 is 24.9 Å². The van der Waals surface area contributed by atoms with Crippen LogP contribution in [0, 0.1) is 11.8 Å². The van der Waals surface area contributed by atoms with Crippen molar-refractivity contribution in [2.45, 2.75) is 32.6 Å². The average Bonchev–Trinajstić information content (AvgIpc) is 3.09. The Hall–Kier alpha value is -1.68. The molecule has 1 amide bonds. The first kappa shape index (κ1) is 18.1. The number of nitrogens with zero attached hydrogens (tertiary/aromatic N) is 2. The van der Waals surface area contributed by atoms with E-state index in [1.165, 1.54) is 28.0 Å². The number of hydrogen-bond acceptors (Lipinski definition) is 7. The van der Waals surface area contributed by atoms with Crippen LogP contribution >= 0.6 is 23.1 Å². The molecule has 0 spiro atoms. The lowest BCUT2D eigenvalue weighted by molar-refractivity contribution is -0.163. The summed E-state index contributed by atoms with van der Waals surface area (Å²) in [7, 11) is 0. The Morgan fingerprint density at radius 3 is 2.88 bits per heavy atom. The van der Waals surface area contributed by atoms with Gasteiger partial charge in [0.15, 0.2) is 0 Å². The maximum Gasteiger partial charge on any atom is 0.353 e. The number of aromatic nitrogens is 1. The van der Waals surface area contributed by atoms with Crippen LogP contribution in [0.3, 0.4) is 0 Å². The fraction of sp³-hybridized carbons (Fsp3) is 0.438. The Morgan fingerprint density at radius 2 is 2.28 bits per heavy atom. The van der Waals surface area contributed by atoms with Gasteiger partial charge in [0, 0.05) is 10.8 Å². The van der Waals surface area contributed by atoms with Gasteiger partial charge in [0.25, 0.3) is 0 Å². The summed E-state index contributed by atoms with van der Waals surface area (Å²) < 4.78 is 0. The van der Waals surface area contributed by atoms with Gasteiger partial charge in [-0.2, -0.15) is 0 Å². The van der Waals surface area contributed by atoms with Crippen LogP contribution in [0.5, 0.6) is 0 Å². The molecule has 0 radical (unpaired) electrons. The van der Waals surface area contributed by atoms with Crippen molar-refractivity contribution in [3.8, 4) is 0 Å². The molecule has 0 bridgehead atoms. The van der Waals surface area contributed by atoms with Gasteiger partial charge in [-0.1, -0.05) is 18.7 Å².